The van der Waals surface area contributed by atoms with Gasteiger partial charge in [-0.3, -0.25) is 4.79 Å². The standard InChI is InChI=1S/C15H14ClNO4S/c1-10-3-4-11(9-14(10)21-2)15(18)17-22(19,20)13-7-5-12(16)6-8-13/h3-9H,1-2H3,(H,17,18). The van der Waals surface area contributed by atoms with Crippen molar-refractivity contribution in [2.45, 2.75) is 11.8 Å². The molecule has 0 fully saturated rings. The largest absolute Gasteiger partial charge is 0.496 e. The first-order valence-corrected chi connectivity index (χ1v) is 8.17. The summed E-state index contributed by atoms with van der Waals surface area (Å²) in [5.41, 5.74) is 1.04. The van der Waals surface area contributed by atoms with E-state index in [1.165, 1.54) is 43.5 Å². The predicted molar refractivity (Wildman–Crippen MR) is 83.8 cm³/mol. The summed E-state index contributed by atoms with van der Waals surface area (Å²) in [7, 11) is -2.47. The van der Waals surface area contributed by atoms with Crippen molar-refractivity contribution < 1.29 is 17.9 Å². The molecule has 0 unspecified atom stereocenters. The van der Waals surface area contributed by atoms with Gasteiger partial charge in [-0.1, -0.05) is 17.7 Å². The van der Waals surface area contributed by atoms with Gasteiger partial charge in [0.2, 0.25) is 0 Å². The minimum absolute atomic E-state index is 0.0377. The highest BCUT2D eigenvalue weighted by molar-refractivity contribution is 7.90. The summed E-state index contributed by atoms with van der Waals surface area (Å²) in [6.07, 6.45) is 0. The molecule has 0 aliphatic rings. The van der Waals surface area contributed by atoms with Gasteiger partial charge in [-0.2, -0.15) is 0 Å². The van der Waals surface area contributed by atoms with E-state index in [9.17, 15) is 13.2 Å². The lowest BCUT2D eigenvalue weighted by atomic mass is 10.1. The Kier molecular flexibility index (Phi) is 4.73. The lowest BCUT2D eigenvalue weighted by molar-refractivity contribution is 0.0981. The van der Waals surface area contributed by atoms with Gasteiger partial charge in [0.1, 0.15) is 5.75 Å². The molecule has 5 nitrogen and oxygen atoms in total. The number of benzene rings is 2. The summed E-state index contributed by atoms with van der Waals surface area (Å²) in [5, 5.41) is 0.411. The van der Waals surface area contributed by atoms with Gasteiger partial charge in [-0.15, -0.1) is 0 Å². The van der Waals surface area contributed by atoms with Crippen LogP contribution in [0.25, 0.3) is 0 Å². The maximum absolute atomic E-state index is 12.1. The maximum atomic E-state index is 12.1. The first-order chi connectivity index (χ1) is 10.3. The van der Waals surface area contributed by atoms with E-state index >= 15 is 0 Å². The Morgan fingerprint density at radius 2 is 1.77 bits per heavy atom. The van der Waals surface area contributed by atoms with Gasteiger partial charge in [0.15, 0.2) is 0 Å². The molecular formula is C15H14ClNO4S. The number of rotatable bonds is 4. The van der Waals surface area contributed by atoms with Crippen molar-refractivity contribution in [2.75, 3.05) is 7.11 Å². The van der Waals surface area contributed by atoms with Gasteiger partial charge >= 0.3 is 0 Å². The second-order valence-electron chi connectivity index (χ2n) is 4.57. The average molecular weight is 340 g/mol. The third-order valence-electron chi connectivity index (χ3n) is 3.02. The Labute approximate surface area is 133 Å². The molecule has 0 radical (unpaired) electrons. The highest BCUT2D eigenvalue weighted by atomic mass is 35.5. The number of sulfonamides is 1. The average Bonchev–Trinajstić information content (AvgIpc) is 2.47. The zero-order valence-electron chi connectivity index (χ0n) is 12.0. The number of aryl methyl sites for hydroxylation is 1. The summed E-state index contributed by atoms with van der Waals surface area (Å²) in [5.74, 6) is -0.218. The van der Waals surface area contributed by atoms with Crippen LogP contribution in [0.2, 0.25) is 5.02 Å². The number of hydrogen-bond acceptors (Lipinski definition) is 4. The van der Waals surface area contributed by atoms with Crippen LogP contribution in [0.15, 0.2) is 47.4 Å². The monoisotopic (exact) mass is 339 g/mol. The third kappa shape index (κ3) is 3.58. The molecule has 0 aliphatic heterocycles. The number of halogens is 1. The second-order valence-corrected chi connectivity index (χ2v) is 6.69. The number of carbonyl (C=O) groups is 1. The van der Waals surface area contributed by atoms with Gasteiger partial charge in [0, 0.05) is 10.6 Å². The van der Waals surface area contributed by atoms with E-state index in [2.05, 4.69) is 0 Å². The Morgan fingerprint density at radius 1 is 1.14 bits per heavy atom. The molecule has 0 saturated carbocycles. The number of methoxy groups -OCH3 is 1. The highest BCUT2D eigenvalue weighted by Gasteiger charge is 2.19. The number of amides is 1. The Hall–Kier alpha value is -2.05. The molecule has 1 amide bonds. The molecule has 0 saturated heterocycles. The summed E-state index contributed by atoms with van der Waals surface area (Å²) < 4.78 is 31.4. The lowest BCUT2D eigenvalue weighted by Gasteiger charge is -2.09. The van der Waals surface area contributed by atoms with E-state index in [-0.39, 0.29) is 10.5 Å². The first-order valence-electron chi connectivity index (χ1n) is 6.31. The summed E-state index contributed by atoms with van der Waals surface area (Å²) in [6.45, 7) is 1.82. The number of hydrogen-bond donors (Lipinski definition) is 1. The van der Waals surface area contributed by atoms with E-state index < -0.39 is 15.9 Å². The third-order valence-corrected chi connectivity index (χ3v) is 4.62. The van der Waals surface area contributed by atoms with E-state index in [1.807, 2.05) is 11.6 Å². The van der Waals surface area contributed by atoms with Crippen LogP contribution in [0.5, 0.6) is 5.75 Å². The van der Waals surface area contributed by atoms with Crippen LogP contribution < -0.4 is 9.46 Å². The lowest BCUT2D eigenvalue weighted by Crippen LogP contribution is -2.30. The Morgan fingerprint density at radius 3 is 2.36 bits per heavy atom. The number of ether oxygens (including phenoxy) is 1. The summed E-state index contributed by atoms with van der Waals surface area (Å²) in [4.78, 5) is 12.1. The molecule has 0 aromatic heterocycles. The number of nitrogens with one attached hydrogen (secondary N) is 1. The van der Waals surface area contributed by atoms with Crippen LogP contribution in [0.4, 0.5) is 0 Å². The van der Waals surface area contributed by atoms with E-state index in [4.69, 9.17) is 16.3 Å². The van der Waals surface area contributed by atoms with E-state index in [0.717, 1.165) is 5.56 Å². The molecule has 0 atom stereocenters. The van der Waals surface area contributed by atoms with Crippen molar-refractivity contribution in [1.82, 2.24) is 4.72 Å². The molecule has 0 aliphatic carbocycles. The molecule has 0 heterocycles. The molecule has 0 spiro atoms. The van der Waals surface area contributed by atoms with Gasteiger partial charge in [-0.05, 0) is 48.9 Å². The summed E-state index contributed by atoms with van der Waals surface area (Å²) >= 11 is 5.72. The molecule has 116 valence electrons. The molecule has 7 heteroatoms. The minimum atomic E-state index is -3.95. The van der Waals surface area contributed by atoms with E-state index in [0.29, 0.717) is 10.8 Å². The Balaban J connectivity index is 2.26. The predicted octanol–water partition coefficient (Wildman–Crippen LogP) is 2.78. The quantitative estimate of drug-likeness (QED) is 0.929. The fraction of sp³-hybridized carbons (Fsp3) is 0.133. The topological polar surface area (TPSA) is 72.5 Å². The Bertz CT molecular complexity index is 801. The van der Waals surface area contributed by atoms with Crippen LogP contribution in [0.3, 0.4) is 0 Å². The minimum Gasteiger partial charge on any atom is -0.496 e. The van der Waals surface area contributed by atoms with Gasteiger partial charge in [0.05, 0.1) is 12.0 Å². The number of carbonyl (C=O) groups excluding carboxylic acids is 1. The highest BCUT2D eigenvalue weighted by Crippen LogP contribution is 2.20. The van der Waals surface area contributed by atoms with Crippen LogP contribution >= 0.6 is 11.6 Å². The van der Waals surface area contributed by atoms with Crippen molar-refractivity contribution in [3.63, 3.8) is 0 Å². The molecule has 1 N–H and O–H groups in total. The smallest absolute Gasteiger partial charge is 0.265 e. The molecule has 0 bridgehead atoms. The van der Waals surface area contributed by atoms with Gasteiger partial charge < -0.3 is 4.74 Å². The molecule has 2 rings (SSSR count). The molecule has 22 heavy (non-hydrogen) atoms. The second kappa shape index (κ2) is 6.37. The maximum Gasteiger partial charge on any atom is 0.265 e. The van der Waals surface area contributed by atoms with E-state index in [1.54, 1.807) is 6.07 Å². The SMILES string of the molecule is COc1cc(C(=O)NS(=O)(=O)c2ccc(Cl)cc2)ccc1C. The van der Waals surface area contributed by atoms with Crippen LogP contribution in [-0.2, 0) is 10.0 Å². The van der Waals surface area contributed by atoms with Gasteiger partial charge in [0.25, 0.3) is 15.9 Å². The van der Waals surface area contributed by atoms with Crippen LogP contribution in [-0.4, -0.2) is 21.4 Å². The van der Waals surface area contributed by atoms with Crippen molar-refractivity contribution in [2.24, 2.45) is 0 Å². The zero-order chi connectivity index (χ0) is 16.3. The van der Waals surface area contributed by atoms with Crippen LogP contribution in [0.1, 0.15) is 15.9 Å². The molecule has 2 aromatic carbocycles. The van der Waals surface area contributed by atoms with Crippen molar-refractivity contribution in [1.29, 1.82) is 0 Å². The van der Waals surface area contributed by atoms with Crippen molar-refractivity contribution in [3.8, 4) is 5.75 Å². The van der Waals surface area contributed by atoms with Crippen LogP contribution in [0, 0.1) is 6.92 Å². The normalized spacial score (nSPS) is 11.0. The zero-order valence-corrected chi connectivity index (χ0v) is 13.5. The molecule has 2 aromatic rings. The van der Waals surface area contributed by atoms with Gasteiger partial charge in [-0.25, -0.2) is 13.1 Å². The molecular weight excluding hydrogens is 326 g/mol. The first kappa shape index (κ1) is 16.3. The van der Waals surface area contributed by atoms with Crippen molar-refractivity contribution in [3.05, 3.63) is 58.6 Å². The summed E-state index contributed by atoms with van der Waals surface area (Å²) in [6, 6.07) is 10.2. The fourth-order valence-electron chi connectivity index (χ4n) is 1.81. The van der Waals surface area contributed by atoms with Crippen molar-refractivity contribution >= 4 is 27.5 Å². The fourth-order valence-corrected chi connectivity index (χ4v) is 2.92.